The van der Waals surface area contributed by atoms with Crippen LogP contribution in [0.5, 0.6) is 5.75 Å². The Morgan fingerprint density at radius 3 is 2.65 bits per heavy atom. The lowest BCUT2D eigenvalue weighted by Crippen LogP contribution is -2.16. The van der Waals surface area contributed by atoms with E-state index in [9.17, 15) is 4.79 Å². The summed E-state index contributed by atoms with van der Waals surface area (Å²) in [6.45, 7) is 1.92. The molecule has 2 rings (SSSR count). The fourth-order valence-corrected chi connectivity index (χ4v) is 2.26. The number of nitrogen functional groups attached to an aromatic ring is 1. The number of hydrogen-bond acceptors (Lipinski definition) is 3. The molecule has 1 amide bonds. The van der Waals surface area contributed by atoms with Gasteiger partial charge in [-0.3, -0.25) is 4.79 Å². The number of nitrogens with two attached hydrogens (primary N) is 1. The first-order valence-electron chi connectivity index (χ1n) is 6.03. The molecule has 104 valence electrons. The molecule has 0 aliphatic carbocycles. The maximum absolute atomic E-state index is 12.4. The zero-order valence-electron chi connectivity index (χ0n) is 11.2. The number of nitrogens with one attached hydrogen (secondary N) is 1. The summed E-state index contributed by atoms with van der Waals surface area (Å²) in [5.74, 6) is 0.163. The third kappa shape index (κ3) is 2.77. The zero-order chi connectivity index (χ0) is 14.7. The second kappa shape index (κ2) is 5.96. The quantitative estimate of drug-likeness (QED) is 0.843. The fraction of sp³-hybridized carbons (Fsp3) is 0.133. The Bertz CT molecular complexity index is 656. The van der Waals surface area contributed by atoms with Gasteiger partial charge in [0.2, 0.25) is 0 Å². The number of halogens is 1. The topological polar surface area (TPSA) is 64.3 Å². The lowest BCUT2D eigenvalue weighted by molar-refractivity contribution is 0.102. The molecule has 0 atom stereocenters. The number of carbonyl (C=O) groups excluding carboxylic acids is 1. The molecule has 0 spiro atoms. The van der Waals surface area contributed by atoms with E-state index in [2.05, 4.69) is 21.2 Å². The SMILES string of the molecule is COc1cccc(N)c1C(=O)Nc1cccc(Br)c1C. The molecule has 0 bridgehead atoms. The molecule has 0 radical (unpaired) electrons. The Labute approximate surface area is 126 Å². The van der Waals surface area contributed by atoms with Gasteiger partial charge in [-0.15, -0.1) is 0 Å². The average Bonchev–Trinajstić information content (AvgIpc) is 2.43. The van der Waals surface area contributed by atoms with Gasteiger partial charge in [0.25, 0.3) is 5.91 Å². The van der Waals surface area contributed by atoms with Gasteiger partial charge in [-0.25, -0.2) is 0 Å². The van der Waals surface area contributed by atoms with Gasteiger partial charge in [0.05, 0.1) is 7.11 Å². The van der Waals surface area contributed by atoms with Crippen LogP contribution in [0.2, 0.25) is 0 Å². The highest BCUT2D eigenvalue weighted by atomic mass is 79.9. The highest BCUT2D eigenvalue weighted by molar-refractivity contribution is 9.10. The summed E-state index contributed by atoms with van der Waals surface area (Å²) in [7, 11) is 1.51. The molecule has 2 aromatic rings. The van der Waals surface area contributed by atoms with Gasteiger partial charge in [0, 0.05) is 15.8 Å². The highest BCUT2D eigenvalue weighted by Crippen LogP contribution is 2.28. The molecule has 0 fully saturated rings. The van der Waals surface area contributed by atoms with Gasteiger partial charge < -0.3 is 15.8 Å². The Morgan fingerprint density at radius 2 is 1.95 bits per heavy atom. The van der Waals surface area contributed by atoms with Gasteiger partial charge in [0.1, 0.15) is 11.3 Å². The summed E-state index contributed by atoms with van der Waals surface area (Å²) in [6, 6.07) is 10.7. The first kappa shape index (κ1) is 14.4. The van der Waals surface area contributed by atoms with Crippen LogP contribution < -0.4 is 15.8 Å². The van der Waals surface area contributed by atoms with Crippen LogP contribution in [0.3, 0.4) is 0 Å². The Morgan fingerprint density at radius 1 is 1.25 bits per heavy atom. The van der Waals surface area contributed by atoms with Crippen molar-refractivity contribution in [3.63, 3.8) is 0 Å². The number of ether oxygens (including phenoxy) is 1. The number of carbonyl (C=O) groups is 1. The van der Waals surface area contributed by atoms with E-state index in [1.54, 1.807) is 18.2 Å². The van der Waals surface area contributed by atoms with Crippen LogP contribution in [-0.2, 0) is 0 Å². The molecular weight excluding hydrogens is 320 g/mol. The van der Waals surface area contributed by atoms with Crippen molar-refractivity contribution in [1.29, 1.82) is 0 Å². The molecule has 20 heavy (non-hydrogen) atoms. The van der Waals surface area contributed by atoms with Crippen LogP contribution in [0, 0.1) is 6.92 Å². The van der Waals surface area contributed by atoms with Gasteiger partial charge in [0.15, 0.2) is 0 Å². The number of rotatable bonds is 3. The standard InChI is InChI=1S/C15H15BrN2O2/c1-9-10(16)5-3-7-12(9)18-15(19)14-11(17)6-4-8-13(14)20-2/h3-8H,17H2,1-2H3,(H,18,19). The second-order valence-electron chi connectivity index (χ2n) is 4.29. The van der Waals surface area contributed by atoms with Crippen molar-refractivity contribution < 1.29 is 9.53 Å². The lowest BCUT2D eigenvalue weighted by atomic mass is 10.1. The van der Waals surface area contributed by atoms with Crippen molar-refractivity contribution in [2.45, 2.75) is 6.92 Å². The number of benzene rings is 2. The third-order valence-corrected chi connectivity index (χ3v) is 3.88. The molecule has 5 heteroatoms. The monoisotopic (exact) mass is 334 g/mol. The average molecular weight is 335 g/mol. The summed E-state index contributed by atoms with van der Waals surface area (Å²) in [4.78, 5) is 12.4. The van der Waals surface area contributed by atoms with Gasteiger partial charge >= 0.3 is 0 Å². The van der Waals surface area contributed by atoms with E-state index < -0.39 is 0 Å². The number of amides is 1. The van der Waals surface area contributed by atoms with Crippen molar-refractivity contribution >= 4 is 33.2 Å². The summed E-state index contributed by atoms with van der Waals surface area (Å²) in [5, 5.41) is 2.85. The maximum Gasteiger partial charge on any atom is 0.261 e. The normalized spacial score (nSPS) is 10.2. The van der Waals surface area contributed by atoms with E-state index >= 15 is 0 Å². The summed E-state index contributed by atoms with van der Waals surface area (Å²) in [5.41, 5.74) is 8.28. The molecule has 0 heterocycles. The van der Waals surface area contributed by atoms with Crippen molar-refractivity contribution in [2.24, 2.45) is 0 Å². The predicted octanol–water partition coefficient (Wildman–Crippen LogP) is 3.60. The second-order valence-corrected chi connectivity index (χ2v) is 5.15. The molecule has 0 unspecified atom stereocenters. The van der Waals surface area contributed by atoms with Crippen LogP contribution >= 0.6 is 15.9 Å². The first-order chi connectivity index (χ1) is 9.54. The fourth-order valence-electron chi connectivity index (χ4n) is 1.89. The number of anilines is 2. The Kier molecular flexibility index (Phi) is 4.29. The van der Waals surface area contributed by atoms with E-state index in [4.69, 9.17) is 10.5 Å². The first-order valence-corrected chi connectivity index (χ1v) is 6.83. The van der Waals surface area contributed by atoms with Crippen molar-refractivity contribution in [1.82, 2.24) is 0 Å². The van der Waals surface area contributed by atoms with Crippen LogP contribution in [0.15, 0.2) is 40.9 Å². The molecule has 0 saturated carbocycles. The van der Waals surface area contributed by atoms with Crippen LogP contribution in [0.4, 0.5) is 11.4 Å². The minimum atomic E-state index is -0.291. The number of methoxy groups -OCH3 is 1. The van der Waals surface area contributed by atoms with Crippen LogP contribution in [0.1, 0.15) is 15.9 Å². The number of hydrogen-bond donors (Lipinski definition) is 2. The molecule has 3 N–H and O–H groups in total. The predicted molar refractivity (Wildman–Crippen MR) is 84.2 cm³/mol. The van der Waals surface area contributed by atoms with E-state index in [-0.39, 0.29) is 5.91 Å². The van der Waals surface area contributed by atoms with Gasteiger partial charge in [-0.1, -0.05) is 28.1 Å². The van der Waals surface area contributed by atoms with Crippen LogP contribution in [-0.4, -0.2) is 13.0 Å². The van der Waals surface area contributed by atoms with E-state index in [1.165, 1.54) is 7.11 Å². The smallest absolute Gasteiger partial charge is 0.261 e. The van der Waals surface area contributed by atoms with Crippen molar-refractivity contribution in [3.8, 4) is 5.75 Å². The van der Waals surface area contributed by atoms with Crippen LogP contribution in [0.25, 0.3) is 0 Å². The summed E-state index contributed by atoms with van der Waals surface area (Å²) in [6.07, 6.45) is 0. The minimum Gasteiger partial charge on any atom is -0.496 e. The summed E-state index contributed by atoms with van der Waals surface area (Å²) >= 11 is 3.43. The maximum atomic E-state index is 12.4. The Balaban J connectivity index is 2.36. The molecule has 0 aromatic heterocycles. The minimum absolute atomic E-state index is 0.291. The Hall–Kier alpha value is -2.01. The molecule has 0 saturated heterocycles. The third-order valence-electron chi connectivity index (χ3n) is 3.02. The van der Waals surface area contributed by atoms with Gasteiger partial charge in [-0.2, -0.15) is 0 Å². The van der Waals surface area contributed by atoms with Crippen molar-refractivity contribution in [3.05, 3.63) is 52.0 Å². The summed E-state index contributed by atoms with van der Waals surface area (Å²) < 4.78 is 6.12. The van der Waals surface area contributed by atoms with E-state index in [0.717, 1.165) is 15.7 Å². The van der Waals surface area contributed by atoms with Crippen molar-refractivity contribution in [2.75, 3.05) is 18.2 Å². The molecule has 4 nitrogen and oxygen atoms in total. The van der Waals surface area contributed by atoms with E-state index in [1.807, 2.05) is 25.1 Å². The zero-order valence-corrected chi connectivity index (χ0v) is 12.8. The molecule has 2 aromatic carbocycles. The molecule has 0 aliphatic heterocycles. The highest BCUT2D eigenvalue weighted by Gasteiger charge is 2.16. The molecule has 0 aliphatic rings. The lowest BCUT2D eigenvalue weighted by Gasteiger charge is -2.13. The van der Waals surface area contributed by atoms with E-state index in [0.29, 0.717) is 17.0 Å². The van der Waals surface area contributed by atoms with Gasteiger partial charge in [-0.05, 0) is 36.8 Å². The molecular formula is C15H15BrN2O2. The largest absolute Gasteiger partial charge is 0.496 e.